The summed E-state index contributed by atoms with van der Waals surface area (Å²) in [6.07, 6.45) is 4.95. The van der Waals surface area contributed by atoms with Gasteiger partial charge in [-0.05, 0) is 35.4 Å². The van der Waals surface area contributed by atoms with Crippen LogP contribution in [-0.4, -0.2) is 58.7 Å². The standard InChI is InChI=1S/C23H24ClN3O2/c24-21-8-6-19(7-9-21)22(18-4-2-1-3-5-18)25-14-16-26(17-15-25)23(28)20-10-12-27(29)13-11-20/h1-12,22,29H,13-17H2. The molecule has 2 heterocycles. The van der Waals surface area contributed by atoms with Crippen molar-refractivity contribution in [2.75, 3.05) is 32.7 Å². The molecule has 2 aromatic rings. The van der Waals surface area contributed by atoms with Crippen LogP contribution < -0.4 is 0 Å². The Morgan fingerprint density at radius 2 is 1.59 bits per heavy atom. The molecule has 1 unspecified atom stereocenters. The Morgan fingerprint density at radius 3 is 2.21 bits per heavy atom. The van der Waals surface area contributed by atoms with Crippen molar-refractivity contribution in [1.82, 2.24) is 14.9 Å². The Balaban J connectivity index is 1.49. The molecule has 4 rings (SSSR count). The monoisotopic (exact) mass is 409 g/mol. The average Bonchev–Trinajstić information content (AvgIpc) is 2.77. The number of rotatable bonds is 4. The maximum Gasteiger partial charge on any atom is 0.253 e. The zero-order valence-electron chi connectivity index (χ0n) is 16.1. The van der Waals surface area contributed by atoms with Gasteiger partial charge in [0.05, 0.1) is 12.6 Å². The first-order valence-corrected chi connectivity index (χ1v) is 10.2. The molecule has 150 valence electrons. The lowest BCUT2D eigenvalue weighted by Crippen LogP contribution is -2.50. The first kappa shape index (κ1) is 19.7. The smallest absolute Gasteiger partial charge is 0.253 e. The van der Waals surface area contributed by atoms with E-state index in [1.165, 1.54) is 17.3 Å². The topological polar surface area (TPSA) is 47.0 Å². The third-order valence-corrected chi connectivity index (χ3v) is 5.69. The SMILES string of the molecule is O=C(C1=CCN(O)C=C1)N1CCN(C(c2ccccc2)c2ccc(Cl)cc2)CC1. The molecule has 2 aliphatic heterocycles. The fourth-order valence-electron chi connectivity index (χ4n) is 3.91. The Hall–Kier alpha value is -2.60. The maximum atomic E-state index is 12.8. The summed E-state index contributed by atoms with van der Waals surface area (Å²) in [5, 5.41) is 11.2. The molecule has 0 bridgehead atoms. The summed E-state index contributed by atoms with van der Waals surface area (Å²) >= 11 is 6.10. The van der Waals surface area contributed by atoms with Gasteiger partial charge in [0.15, 0.2) is 0 Å². The van der Waals surface area contributed by atoms with Crippen LogP contribution in [-0.2, 0) is 4.79 Å². The number of piperazine rings is 1. The van der Waals surface area contributed by atoms with E-state index < -0.39 is 0 Å². The molecule has 1 fully saturated rings. The summed E-state index contributed by atoms with van der Waals surface area (Å²) in [7, 11) is 0. The Morgan fingerprint density at radius 1 is 0.931 bits per heavy atom. The fourth-order valence-corrected chi connectivity index (χ4v) is 4.03. The first-order chi connectivity index (χ1) is 14.1. The highest BCUT2D eigenvalue weighted by Gasteiger charge is 2.29. The summed E-state index contributed by atoms with van der Waals surface area (Å²) in [6, 6.07) is 18.6. The highest BCUT2D eigenvalue weighted by molar-refractivity contribution is 6.30. The van der Waals surface area contributed by atoms with E-state index in [2.05, 4.69) is 41.3 Å². The van der Waals surface area contributed by atoms with Crippen molar-refractivity contribution < 1.29 is 10.0 Å². The molecular formula is C23H24ClN3O2. The second-order valence-electron chi connectivity index (χ2n) is 7.29. The summed E-state index contributed by atoms with van der Waals surface area (Å²) in [6.45, 7) is 3.26. The van der Waals surface area contributed by atoms with Gasteiger partial charge >= 0.3 is 0 Å². The molecule has 0 spiro atoms. The normalized spacial score (nSPS) is 18.5. The Kier molecular flexibility index (Phi) is 6.00. The van der Waals surface area contributed by atoms with Crippen molar-refractivity contribution in [3.8, 4) is 0 Å². The first-order valence-electron chi connectivity index (χ1n) is 9.79. The predicted molar refractivity (Wildman–Crippen MR) is 114 cm³/mol. The minimum atomic E-state index is 0.0248. The predicted octanol–water partition coefficient (Wildman–Crippen LogP) is 3.72. The van der Waals surface area contributed by atoms with Crippen molar-refractivity contribution in [3.63, 3.8) is 0 Å². The van der Waals surface area contributed by atoms with E-state index in [9.17, 15) is 10.0 Å². The number of halogens is 1. The summed E-state index contributed by atoms with van der Waals surface area (Å²) < 4.78 is 0. The molecule has 1 amide bonds. The number of hydrogen-bond donors (Lipinski definition) is 1. The van der Waals surface area contributed by atoms with Crippen molar-refractivity contribution in [2.24, 2.45) is 0 Å². The van der Waals surface area contributed by atoms with E-state index in [-0.39, 0.29) is 11.9 Å². The summed E-state index contributed by atoms with van der Waals surface area (Å²) in [4.78, 5) is 17.1. The van der Waals surface area contributed by atoms with E-state index in [0.717, 1.165) is 23.2 Å². The number of carbonyl (C=O) groups excluding carboxylic acids is 1. The molecule has 6 heteroatoms. The molecule has 0 radical (unpaired) electrons. The van der Waals surface area contributed by atoms with Crippen molar-refractivity contribution in [3.05, 3.63) is 94.7 Å². The molecule has 0 saturated carbocycles. The lowest BCUT2D eigenvalue weighted by Gasteiger charge is -2.40. The number of nitrogens with zero attached hydrogens (tertiary/aromatic N) is 3. The van der Waals surface area contributed by atoms with Crippen molar-refractivity contribution in [1.29, 1.82) is 0 Å². The van der Waals surface area contributed by atoms with Gasteiger partial charge in [-0.3, -0.25) is 20.0 Å². The molecule has 29 heavy (non-hydrogen) atoms. The van der Waals surface area contributed by atoms with Crippen LogP contribution in [0.25, 0.3) is 0 Å². The van der Waals surface area contributed by atoms with Gasteiger partial charge in [-0.1, -0.05) is 54.1 Å². The zero-order valence-corrected chi connectivity index (χ0v) is 16.9. The van der Waals surface area contributed by atoms with Gasteiger partial charge in [-0.2, -0.15) is 0 Å². The van der Waals surface area contributed by atoms with Crippen LogP contribution in [0.15, 0.2) is 78.5 Å². The van der Waals surface area contributed by atoms with Gasteiger partial charge in [0.1, 0.15) is 0 Å². The van der Waals surface area contributed by atoms with E-state index in [1.54, 1.807) is 12.2 Å². The number of hydroxylamine groups is 2. The van der Waals surface area contributed by atoms with Crippen LogP contribution in [0.5, 0.6) is 0 Å². The van der Waals surface area contributed by atoms with Gasteiger partial charge in [0.25, 0.3) is 5.91 Å². The molecule has 2 aromatic carbocycles. The fraction of sp³-hybridized carbons (Fsp3) is 0.261. The number of hydrogen-bond acceptors (Lipinski definition) is 4. The van der Waals surface area contributed by atoms with Gasteiger partial charge < -0.3 is 4.90 Å². The van der Waals surface area contributed by atoms with Crippen LogP contribution >= 0.6 is 11.6 Å². The van der Waals surface area contributed by atoms with Crippen molar-refractivity contribution in [2.45, 2.75) is 6.04 Å². The van der Waals surface area contributed by atoms with E-state index in [1.807, 2.05) is 23.1 Å². The molecule has 5 nitrogen and oxygen atoms in total. The quantitative estimate of drug-likeness (QED) is 0.836. The molecule has 1 saturated heterocycles. The number of benzene rings is 2. The Bertz CT molecular complexity index is 903. The second kappa shape index (κ2) is 8.82. The zero-order chi connectivity index (χ0) is 20.2. The molecule has 1 atom stereocenters. The summed E-state index contributed by atoms with van der Waals surface area (Å²) in [5.74, 6) is 0.0248. The third-order valence-electron chi connectivity index (χ3n) is 5.44. The van der Waals surface area contributed by atoms with Gasteiger partial charge in [-0.25, -0.2) is 0 Å². The highest BCUT2D eigenvalue weighted by Crippen LogP contribution is 2.30. The largest absolute Gasteiger partial charge is 0.336 e. The van der Waals surface area contributed by atoms with E-state index >= 15 is 0 Å². The second-order valence-corrected chi connectivity index (χ2v) is 7.73. The van der Waals surface area contributed by atoms with E-state index in [4.69, 9.17) is 11.6 Å². The number of carbonyl (C=O) groups is 1. The molecule has 0 aliphatic carbocycles. The molecule has 0 aromatic heterocycles. The van der Waals surface area contributed by atoms with Crippen LogP contribution in [0.1, 0.15) is 17.2 Å². The molecule has 2 aliphatic rings. The highest BCUT2D eigenvalue weighted by atomic mass is 35.5. The Labute approximate surface area is 176 Å². The molecular weight excluding hydrogens is 386 g/mol. The lowest BCUT2D eigenvalue weighted by atomic mass is 9.96. The third kappa shape index (κ3) is 4.53. The van der Waals surface area contributed by atoms with Crippen LogP contribution in [0, 0.1) is 0 Å². The van der Waals surface area contributed by atoms with Gasteiger partial charge in [0, 0.05) is 43.0 Å². The minimum Gasteiger partial charge on any atom is -0.336 e. The summed E-state index contributed by atoms with van der Waals surface area (Å²) in [5.41, 5.74) is 3.07. The molecule has 1 N–H and O–H groups in total. The van der Waals surface area contributed by atoms with Gasteiger partial charge in [-0.15, -0.1) is 0 Å². The maximum absolute atomic E-state index is 12.8. The minimum absolute atomic E-state index is 0.0248. The van der Waals surface area contributed by atoms with Crippen LogP contribution in [0.3, 0.4) is 0 Å². The van der Waals surface area contributed by atoms with Crippen LogP contribution in [0.2, 0.25) is 5.02 Å². The van der Waals surface area contributed by atoms with Gasteiger partial charge in [0.2, 0.25) is 0 Å². The van der Waals surface area contributed by atoms with Crippen molar-refractivity contribution >= 4 is 17.5 Å². The lowest BCUT2D eigenvalue weighted by molar-refractivity contribution is -0.128. The van der Waals surface area contributed by atoms with E-state index in [0.29, 0.717) is 25.2 Å². The number of amides is 1. The van der Waals surface area contributed by atoms with Crippen LogP contribution in [0.4, 0.5) is 0 Å². The average molecular weight is 410 g/mol.